The summed E-state index contributed by atoms with van der Waals surface area (Å²) < 4.78 is 11.4. The topological polar surface area (TPSA) is 97.7 Å². The summed E-state index contributed by atoms with van der Waals surface area (Å²) in [4.78, 5) is 29.9. The summed E-state index contributed by atoms with van der Waals surface area (Å²) in [5.41, 5.74) is 6.47. The number of nitrogens with one attached hydrogen (secondary N) is 1. The van der Waals surface area contributed by atoms with Gasteiger partial charge in [0.2, 0.25) is 0 Å². The summed E-state index contributed by atoms with van der Waals surface area (Å²) in [6, 6.07) is 5.97. The van der Waals surface area contributed by atoms with Gasteiger partial charge in [-0.25, -0.2) is 4.79 Å². The third-order valence-corrected chi connectivity index (χ3v) is 5.28. The molecule has 1 aliphatic rings. The van der Waals surface area contributed by atoms with Crippen molar-refractivity contribution in [3.63, 3.8) is 0 Å². The highest BCUT2D eigenvalue weighted by atomic mass is 16.5. The van der Waals surface area contributed by atoms with Crippen molar-refractivity contribution in [2.45, 2.75) is 52.7 Å². The first-order valence-corrected chi connectivity index (χ1v) is 10.3. The molecule has 3 rings (SSSR count). The Labute approximate surface area is 171 Å². The summed E-state index contributed by atoms with van der Waals surface area (Å²) in [6.07, 6.45) is 2.05. The third kappa shape index (κ3) is 4.90. The van der Waals surface area contributed by atoms with Gasteiger partial charge in [0, 0.05) is 30.0 Å². The van der Waals surface area contributed by atoms with Gasteiger partial charge in [-0.3, -0.25) is 4.79 Å². The van der Waals surface area contributed by atoms with Crippen LogP contribution in [0.2, 0.25) is 0 Å². The van der Waals surface area contributed by atoms with Crippen LogP contribution in [0.3, 0.4) is 0 Å². The number of aromatic amines is 1. The Morgan fingerprint density at radius 1 is 1.21 bits per heavy atom. The van der Waals surface area contributed by atoms with Gasteiger partial charge in [0.25, 0.3) is 5.91 Å². The van der Waals surface area contributed by atoms with E-state index in [0.29, 0.717) is 22.7 Å². The lowest BCUT2D eigenvalue weighted by molar-refractivity contribution is 0.0450. The fraction of sp³-hybridized carbons (Fsp3) is 0.545. The number of fused-ring (bicyclic) bond motifs is 1. The molecule has 7 nitrogen and oxygen atoms in total. The number of rotatable bonds is 7. The van der Waals surface area contributed by atoms with Crippen molar-refractivity contribution in [1.29, 1.82) is 0 Å². The Kier molecular flexibility index (Phi) is 6.47. The van der Waals surface area contributed by atoms with Gasteiger partial charge in [0.05, 0.1) is 12.2 Å². The van der Waals surface area contributed by atoms with Crippen LogP contribution in [0.15, 0.2) is 18.2 Å². The molecule has 1 saturated heterocycles. The van der Waals surface area contributed by atoms with E-state index in [1.54, 1.807) is 12.1 Å². The minimum Gasteiger partial charge on any atom is -0.490 e. The van der Waals surface area contributed by atoms with Gasteiger partial charge in [0.15, 0.2) is 0 Å². The van der Waals surface area contributed by atoms with Crippen molar-refractivity contribution in [2.24, 2.45) is 11.7 Å². The number of esters is 1. The highest BCUT2D eigenvalue weighted by molar-refractivity contribution is 6.14. The molecule has 0 saturated carbocycles. The highest BCUT2D eigenvalue weighted by Gasteiger charge is 2.25. The molecule has 29 heavy (non-hydrogen) atoms. The Balaban J connectivity index is 1.81. The third-order valence-electron chi connectivity index (χ3n) is 5.28. The number of amides is 1. The molecule has 1 amide bonds. The molecule has 2 aromatic rings. The van der Waals surface area contributed by atoms with E-state index in [9.17, 15) is 9.59 Å². The molecule has 0 atom stereocenters. The second-order valence-corrected chi connectivity index (χ2v) is 8.39. The fourth-order valence-electron chi connectivity index (χ4n) is 3.67. The number of carbonyl (C=O) groups is 2. The normalized spacial score (nSPS) is 15.9. The fourth-order valence-corrected chi connectivity index (χ4v) is 3.67. The van der Waals surface area contributed by atoms with Gasteiger partial charge < -0.3 is 25.1 Å². The summed E-state index contributed by atoms with van der Waals surface area (Å²) in [5.74, 6) is -0.381. The molecule has 3 N–H and O–H groups in total. The Morgan fingerprint density at radius 3 is 2.48 bits per heavy atom. The molecule has 1 fully saturated rings. The monoisotopic (exact) mass is 401 g/mol. The number of piperidine rings is 1. The van der Waals surface area contributed by atoms with Crippen LogP contribution in [0.4, 0.5) is 0 Å². The molecule has 1 aromatic carbocycles. The van der Waals surface area contributed by atoms with Gasteiger partial charge in [-0.2, -0.15) is 0 Å². The number of nitrogens with zero attached hydrogens (tertiary/aromatic N) is 1. The first kappa shape index (κ1) is 21.2. The lowest BCUT2D eigenvalue weighted by atomic mass is 10.1. The van der Waals surface area contributed by atoms with Crippen molar-refractivity contribution in [3.05, 3.63) is 29.5 Å². The van der Waals surface area contributed by atoms with Crippen molar-refractivity contribution in [3.8, 4) is 5.75 Å². The average Bonchev–Trinajstić information content (AvgIpc) is 3.05. The zero-order valence-electron chi connectivity index (χ0n) is 17.7. The van der Waals surface area contributed by atoms with Crippen molar-refractivity contribution >= 4 is 22.8 Å². The van der Waals surface area contributed by atoms with Crippen LogP contribution < -0.4 is 10.5 Å². The standard InChI is InChI=1S/C22H31N3O4/c1-13(2)12-28-22(27)20-19(21(23)26)17-11-16(5-6-18(17)24-20)29-15-7-9-25(10-8-15)14(3)4/h5-6,11,13-15,24H,7-10,12H2,1-4H3,(H2,23,26). The number of hydrogen-bond acceptors (Lipinski definition) is 5. The van der Waals surface area contributed by atoms with E-state index in [2.05, 4.69) is 23.7 Å². The van der Waals surface area contributed by atoms with E-state index in [-0.39, 0.29) is 29.9 Å². The second-order valence-electron chi connectivity index (χ2n) is 8.39. The van der Waals surface area contributed by atoms with E-state index in [4.69, 9.17) is 15.2 Å². The molecule has 1 aromatic heterocycles. The van der Waals surface area contributed by atoms with Crippen LogP contribution in [0.1, 0.15) is 61.4 Å². The molecule has 0 radical (unpaired) electrons. The molecule has 0 aliphatic carbocycles. The zero-order valence-corrected chi connectivity index (χ0v) is 17.7. The number of H-pyrrole nitrogens is 1. The summed E-state index contributed by atoms with van der Waals surface area (Å²) in [5, 5.41) is 0.575. The van der Waals surface area contributed by atoms with Gasteiger partial charge in [-0.15, -0.1) is 0 Å². The lowest BCUT2D eigenvalue weighted by Gasteiger charge is -2.34. The van der Waals surface area contributed by atoms with Crippen molar-refractivity contribution in [2.75, 3.05) is 19.7 Å². The predicted molar refractivity (Wildman–Crippen MR) is 112 cm³/mol. The van der Waals surface area contributed by atoms with Crippen LogP contribution in [0.5, 0.6) is 5.75 Å². The minimum atomic E-state index is -0.671. The molecule has 0 spiro atoms. The minimum absolute atomic E-state index is 0.0931. The van der Waals surface area contributed by atoms with Gasteiger partial charge >= 0.3 is 5.97 Å². The maximum atomic E-state index is 12.4. The predicted octanol–water partition coefficient (Wildman–Crippen LogP) is 3.33. The quantitative estimate of drug-likeness (QED) is 0.694. The van der Waals surface area contributed by atoms with E-state index in [1.165, 1.54) is 0 Å². The second kappa shape index (κ2) is 8.86. The molecule has 7 heteroatoms. The number of aromatic nitrogens is 1. The van der Waals surface area contributed by atoms with E-state index >= 15 is 0 Å². The van der Waals surface area contributed by atoms with Crippen LogP contribution in [-0.2, 0) is 4.74 Å². The largest absolute Gasteiger partial charge is 0.490 e. The maximum absolute atomic E-state index is 12.4. The Morgan fingerprint density at radius 2 is 1.90 bits per heavy atom. The number of nitrogens with two attached hydrogens (primary N) is 1. The highest BCUT2D eigenvalue weighted by Crippen LogP contribution is 2.29. The van der Waals surface area contributed by atoms with Crippen LogP contribution in [-0.4, -0.2) is 53.6 Å². The van der Waals surface area contributed by atoms with Gasteiger partial charge in [-0.1, -0.05) is 13.8 Å². The van der Waals surface area contributed by atoms with Gasteiger partial charge in [0.1, 0.15) is 17.5 Å². The van der Waals surface area contributed by atoms with Crippen molar-refractivity contribution in [1.82, 2.24) is 9.88 Å². The molecule has 0 bridgehead atoms. The molecular formula is C22H31N3O4. The molecule has 158 valence electrons. The van der Waals surface area contributed by atoms with Crippen LogP contribution >= 0.6 is 0 Å². The zero-order chi connectivity index (χ0) is 21.1. The number of carbonyl (C=O) groups excluding carboxylic acids is 2. The maximum Gasteiger partial charge on any atom is 0.355 e. The summed E-state index contributed by atoms with van der Waals surface area (Å²) in [6.45, 7) is 10.6. The molecule has 2 heterocycles. The van der Waals surface area contributed by atoms with E-state index in [0.717, 1.165) is 25.9 Å². The summed E-state index contributed by atoms with van der Waals surface area (Å²) >= 11 is 0. The number of ether oxygens (including phenoxy) is 2. The number of primary amides is 1. The molecule has 0 unspecified atom stereocenters. The van der Waals surface area contributed by atoms with Crippen LogP contribution in [0, 0.1) is 5.92 Å². The first-order valence-electron chi connectivity index (χ1n) is 10.3. The Bertz CT molecular complexity index is 880. The molecular weight excluding hydrogens is 370 g/mol. The first-order chi connectivity index (χ1) is 13.8. The molecule has 1 aliphatic heterocycles. The van der Waals surface area contributed by atoms with Crippen LogP contribution in [0.25, 0.3) is 10.9 Å². The van der Waals surface area contributed by atoms with E-state index in [1.807, 2.05) is 19.9 Å². The SMILES string of the molecule is CC(C)COC(=O)c1[nH]c2ccc(OC3CCN(C(C)C)CC3)cc2c1C(N)=O. The number of hydrogen-bond donors (Lipinski definition) is 2. The number of likely N-dealkylation sites (tertiary alicyclic amines) is 1. The smallest absolute Gasteiger partial charge is 0.355 e. The average molecular weight is 402 g/mol. The summed E-state index contributed by atoms with van der Waals surface area (Å²) in [7, 11) is 0. The number of benzene rings is 1. The van der Waals surface area contributed by atoms with Crippen molar-refractivity contribution < 1.29 is 19.1 Å². The van der Waals surface area contributed by atoms with E-state index < -0.39 is 11.9 Å². The van der Waals surface area contributed by atoms with Gasteiger partial charge in [-0.05, 0) is 50.8 Å². The lowest BCUT2D eigenvalue weighted by Crippen LogP contribution is -2.41. The Hall–Kier alpha value is -2.54.